The van der Waals surface area contributed by atoms with Gasteiger partial charge >= 0.3 is 0 Å². The first-order chi connectivity index (χ1) is 8.22. The van der Waals surface area contributed by atoms with Crippen LogP contribution >= 0.6 is 0 Å². The van der Waals surface area contributed by atoms with E-state index in [9.17, 15) is 0 Å². The molecule has 2 N–H and O–H groups in total. The SMILES string of the molecule is CCOC1CC(CN)(N2CCCCCC2C)C1. The summed E-state index contributed by atoms with van der Waals surface area (Å²) in [7, 11) is 0. The van der Waals surface area contributed by atoms with Gasteiger partial charge in [0.15, 0.2) is 0 Å². The summed E-state index contributed by atoms with van der Waals surface area (Å²) in [5, 5.41) is 0. The highest BCUT2D eigenvalue weighted by Crippen LogP contribution is 2.41. The molecule has 1 unspecified atom stereocenters. The van der Waals surface area contributed by atoms with Crippen molar-refractivity contribution >= 4 is 0 Å². The van der Waals surface area contributed by atoms with Gasteiger partial charge in [-0.2, -0.15) is 0 Å². The highest BCUT2D eigenvalue weighted by Gasteiger charge is 2.49. The Bertz CT molecular complexity index is 238. The second-order valence-electron chi connectivity index (χ2n) is 5.81. The van der Waals surface area contributed by atoms with Crippen LogP contribution in [0.1, 0.15) is 52.4 Å². The van der Waals surface area contributed by atoms with Crippen molar-refractivity contribution in [1.82, 2.24) is 4.90 Å². The van der Waals surface area contributed by atoms with Crippen LogP contribution in [0, 0.1) is 0 Å². The Morgan fingerprint density at radius 3 is 2.71 bits per heavy atom. The van der Waals surface area contributed by atoms with E-state index in [1.165, 1.54) is 32.2 Å². The number of nitrogens with zero attached hydrogens (tertiary/aromatic N) is 1. The van der Waals surface area contributed by atoms with Crippen LogP contribution in [0.5, 0.6) is 0 Å². The van der Waals surface area contributed by atoms with Crippen molar-refractivity contribution < 1.29 is 4.74 Å². The van der Waals surface area contributed by atoms with Gasteiger partial charge in [-0.1, -0.05) is 12.8 Å². The predicted octanol–water partition coefficient (Wildman–Crippen LogP) is 2.15. The zero-order chi connectivity index (χ0) is 12.3. The summed E-state index contributed by atoms with van der Waals surface area (Å²) in [4.78, 5) is 2.69. The molecule has 0 aromatic rings. The molecule has 1 saturated heterocycles. The van der Waals surface area contributed by atoms with Gasteiger partial charge in [-0.15, -0.1) is 0 Å². The standard InChI is InChI=1S/C14H28N2O/c1-3-17-13-9-14(10-13,11-15)16-8-6-4-5-7-12(16)2/h12-13H,3-11,15H2,1-2H3. The maximum atomic E-state index is 6.07. The van der Waals surface area contributed by atoms with Crippen molar-refractivity contribution in [2.24, 2.45) is 5.73 Å². The van der Waals surface area contributed by atoms with Gasteiger partial charge < -0.3 is 10.5 Å². The fourth-order valence-electron chi connectivity index (χ4n) is 3.64. The third-order valence-electron chi connectivity index (χ3n) is 4.66. The summed E-state index contributed by atoms with van der Waals surface area (Å²) in [6.07, 6.45) is 8.18. The Morgan fingerprint density at radius 1 is 1.29 bits per heavy atom. The molecule has 2 aliphatic rings. The molecule has 3 heteroatoms. The van der Waals surface area contributed by atoms with E-state index < -0.39 is 0 Å². The maximum Gasteiger partial charge on any atom is 0.0611 e. The zero-order valence-corrected chi connectivity index (χ0v) is 11.5. The fourth-order valence-corrected chi connectivity index (χ4v) is 3.64. The van der Waals surface area contributed by atoms with Crippen LogP contribution in [0.3, 0.4) is 0 Å². The summed E-state index contributed by atoms with van der Waals surface area (Å²) in [5.41, 5.74) is 6.33. The minimum atomic E-state index is 0.254. The molecule has 0 aromatic heterocycles. The van der Waals surface area contributed by atoms with Crippen molar-refractivity contribution in [2.45, 2.75) is 70.1 Å². The molecular weight excluding hydrogens is 212 g/mol. The molecular formula is C14H28N2O. The molecule has 2 rings (SSSR count). The molecule has 1 heterocycles. The second kappa shape index (κ2) is 5.68. The maximum absolute atomic E-state index is 6.07. The smallest absolute Gasteiger partial charge is 0.0611 e. The molecule has 17 heavy (non-hydrogen) atoms. The molecule has 1 aliphatic carbocycles. The Morgan fingerprint density at radius 2 is 2.06 bits per heavy atom. The van der Waals surface area contributed by atoms with Crippen molar-refractivity contribution in [3.8, 4) is 0 Å². The summed E-state index contributed by atoms with van der Waals surface area (Å²) >= 11 is 0. The Balaban J connectivity index is 1.97. The number of ether oxygens (including phenoxy) is 1. The van der Waals surface area contributed by atoms with Crippen LogP contribution in [-0.2, 0) is 4.74 Å². The van der Waals surface area contributed by atoms with Crippen LogP contribution in [0.2, 0.25) is 0 Å². The minimum Gasteiger partial charge on any atom is -0.378 e. The Hall–Kier alpha value is -0.120. The van der Waals surface area contributed by atoms with E-state index in [1.54, 1.807) is 0 Å². The Labute approximate surface area is 106 Å². The van der Waals surface area contributed by atoms with E-state index in [-0.39, 0.29) is 5.54 Å². The van der Waals surface area contributed by atoms with E-state index in [0.29, 0.717) is 12.1 Å². The first-order valence-electron chi connectivity index (χ1n) is 7.30. The van der Waals surface area contributed by atoms with Crippen molar-refractivity contribution in [1.29, 1.82) is 0 Å². The summed E-state index contributed by atoms with van der Waals surface area (Å²) < 4.78 is 5.71. The largest absolute Gasteiger partial charge is 0.378 e. The lowest BCUT2D eigenvalue weighted by molar-refractivity contribution is -0.110. The van der Waals surface area contributed by atoms with Gasteiger partial charge in [0.2, 0.25) is 0 Å². The molecule has 1 atom stereocenters. The van der Waals surface area contributed by atoms with E-state index in [2.05, 4.69) is 18.7 Å². The third kappa shape index (κ3) is 2.67. The average Bonchev–Trinajstić information content (AvgIpc) is 2.49. The minimum absolute atomic E-state index is 0.254. The second-order valence-corrected chi connectivity index (χ2v) is 5.81. The highest BCUT2D eigenvalue weighted by molar-refractivity contribution is 5.06. The van der Waals surface area contributed by atoms with Crippen molar-refractivity contribution in [3.63, 3.8) is 0 Å². The lowest BCUT2D eigenvalue weighted by atomic mass is 9.72. The quantitative estimate of drug-likeness (QED) is 0.818. The molecule has 0 amide bonds. The van der Waals surface area contributed by atoms with Gasteiger partial charge in [-0.25, -0.2) is 0 Å². The number of likely N-dealkylation sites (tertiary alicyclic amines) is 1. The first-order valence-corrected chi connectivity index (χ1v) is 7.30. The molecule has 1 saturated carbocycles. The molecule has 100 valence electrons. The fraction of sp³-hybridized carbons (Fsp3) is 1.00. The topological polar surface area (TPSA) is 38.5 Å². The summed E-state index contributed by atoms with van der Waals surface area (Å²) in [6, 6.07) is 0.698. The number of rotatable bonds is 4. The van der Waals surface area contributed by atoms with Crippen molar-refractivity contribution in [2.75, 3.05) is 19.7 Å². The van der Waals surface area contributed by atoms with Gasteiger partial charge in [-0.3, -0.25) is 4.90 Å². The molecule has 0 aromatic carbocycles. The normalized spacial score (nSPS) is 39.7. The van der Waals surface area contributed by atoms with Gasteiger partial charge in [-0.05, 0) is 46.1 Å². The van der Waals surface area contributed by atoms with Gasteiger partial charge in [0.05, 0.1) is 6.10 Å². The van der Waals surface area contributed by atoms with Gasteiger partial charge in [0.1, 0.15) is 0 Å². The van der Waals surface area contributed by atoms with Gasteiger partial charge in [0.25, 0.3) is 0 Å². The molecule has 0 bridgehead atoms. The lowest BCUT2D eigenvalue weighted by Crippen LogP contribution is -2.66. The van der Waals surface area contributed by atoms with Crippen LogP contribution in [-0.4, -0.2) is 42.3 Å². The first kappa shape index (κ1) is 13.3. The number of hydrogen-bond donors (Lipinski definition) is 1. The van der Waals surface area contributed by atoms with Crippen LogP contribution in [0.15, 0.2) is 0 Å². The average molecular weight is 240 g/mol. The third-order valence-corrected chi connectivity index (χ3v) is 4.66. The monoisotopic (exact) mass is 240 g/mol. The molecule has 0 spiro atoms. The molecule has 2 fully saturated rings. The van der Waals surface area contributed by atoms with E-state index in [1.807, 2.05) is 0 Å². The Kier molecular flexibility index (Phi) is 4.45. The number of nitrogens with two attached hydrogens (primary N) is 1. The summed E-state index contributed by atoms with van der Waals surface area (Å²) in [5.74, 6) is 0. The van der Waals surface area contributed by atoms with Gasteiger partial charge in [0, 0.05) is 24.7 Å². The van der Waals surface area contributed by atoms with E-state index >= 15 is 0 Å². The van der Waals surface area contributed by atoms with E-state index in [0.717, 1.165) is 26.0 Å². The highest BCUT2D eigenvalue weighted by atomic mass is 16.5. The van der Waals surface area contributed by atoms with Crippen molar-refractivity contribution in [3.05, 3.63) is 0 Å². The zero-order valence-electron chi connectivity index (χ0n) is 11.5. The van der Waals surface area contributed by atoms with Crippen LogP contribution in [0.25, 0.3) is 0 Å². The van der Waals surface area contributed by atoms with Crippen LogP contribution < -0.4 is 5.73 Å². The lowest BCUT2D eigenvalue weighted by Gasteiger charge is -2.55. The predicted molar refractivity (Wildman–Crippen MR) is 71.1 cm³/mol. The molecule has 3 nitrogen and oxygen atoms in total. The van der Waals surface area contributed by atoms with Crippen LogP contribution in [0.4, 0.5) is 0 Å². The molecule has 1 aliphatic heterocycles. The number of hydrogen-bond acceptors (Lipinski definition) is 3. The molecule has 0 radical (unpaired) electrons. The van der Waals surface area contributed by atoms with E-state index in [4.69, 9.17) is 10.5 Å². The summed E-state index contributed by atoms with van der Waals surface area (Å²) in [6.45, 7) is 7.31.